The monoisotopic (exact) mass is 369 g/mol. The number of thiophene rings is 1. The van der Waals surface area contributed by atoms with Crippen molar-refractivity contribution >= 4 is 50.2 Å². The summed E-state index contributed by atoms with van der Waals surface area (Å²) in [7, 11) is 2.05. The molecule has 20 heavy (non-hydrogen) atoms. The molecule has 0 spiro atoms. The molecule has 2 aromatic rings. The van der Waals surface area contributed by atoms with Gasteiger partial charge in [0.25, 0.3) is 0 Å². The van der Waals surface area contributed by atoms with Gasteiger partial charge in [-0.2, -0.15) is 0 Å². The van der Waals surface area contributed by atoms with Gasteiger partial charge in [-0.05, 0) is 41.9 Å². The number of aromatic nitrogens is 1. The predicted octanol–water partition coefficient (Wildman–Crippen LogP) is 3.79. The molecular weight excluding hydrogens is 354 g/mol. The van der Waals surface area contributed by atoms with E-state index in [1.807, 2.05) is 27.0 Å². The summed E-state index contributed by atoms with van der Waals surface area (Å²) in [5, 5.41) is 2.08. The van der Waals surface area contributed by atoms with Gasteiger partial charge in [0.15, 0.2) is 0 Å². The fraction of sp³-hybridized carbons (Fsp3) is 0.286. The van der Waals surface area contributed by atoms with Crippen molar-refractivity contribution in [2.45, 2.75) is 20.4 Å². The molecule has 0 saturated carbocycles. The number of anilines is 1. The minimum atomic E-state index is 0.393. The van der Waals surface area contributed by atoms with Gasteiger partial charge in [0.2, 0.25) is 0 Å². The Kier molecular flexibility index (Phi) is 4.78. The molecule has 0 saturated heterocycles. The van der Waals surface area contributed by atoms with Gasteiger partial charge < -0.3 is 10.6 Å². The highest BCUT2D eigenvalue weighted by atomic mass is 79.9. The fourth-order valence-corrected chi connectivity index (χ4v) is 3.93. The Bertz CT molecular complexity index is 652. The number of pyridine rings is 1. The average molecular weight is 370 g/mol. The first-order valence-electron chi connectivity index (χ1n) is 6.10. The van der Waals surface area contributed by atoms with E-state index in [4.69, 9.17) is 18.0 Å². The topological polar surface area (TPSA) is 42.1 Å². The van der Waals surface area contributed by atoms with Crippen LogP contribution < -0.4 is 10.6 Å². The largest absolute Gasteiger partial charge is 0.389 e. The highest BCUT2D eigenvalue weighted by Crippen LogP contribution is 2.27. The van der Waals surface area contributed by atoms with Crippen molar-refractivity contribution in [1.82, 2.24) is 4.98 Å². The molecule has 106 valence electrons. The Labute approximate surface area is 136 Å². The van der Waals surface area contributed by atoms with E-state index in [1.165, 1.54) is 4.88 Å². The summed E-state index contributed by atoms with van der Waals surface area (Å²) in [4.78, 5) is 8.28. The summed E-state index contributed by atoms with van der Waals surface area (Å²) >= 11 is 10.4. The highest BCUT2D eigenvalue weighted by Gasteiger charge is 2.15. The van der Waals surface area contributed by atoms with Crippen LogP contribution in [0.3, 0.4) is 0 Å². The number of rotatable bonds is 4. The lowest BCUT2D eigenvalue weighted by atomic mass is 10.1. The molecule has 6 heteroatoms. The van der Waals surface area contributed by atoms with Crippen LogP contribution >= 0.6 is 39.5 Å². The van der Waals surface area contributed by atoms with Crippen LogP contribution in [0.4, 0.5) is 5.69 Å². The SMILES string of the molecule is Cc1cc(N(C)Cc2cc(Br)cs2)c(C(N)=S)c(C)n1. The number of thiocarbonyl (C=S) groups is 1. The zero-order valence-electron chi connectivity index (χ0n) is 11.6. The summed E-state index contributed by atoms with van der Waals surface area (Å²) < 4.78 is 1.11. The van der Waals surface area contributed by atoms with Gasteiger partial charge in [-0.3, -0.25) is 4.98 Å². The molecule has 0 amide bonds. The van der Waals surface area contributed by atoms with Gasteiger partial charge in [0.1, 0.15) is 4.99 Å². The van der Waals surface area contributed by atoms with Gasteiger partial charge in [-0.15, -0.1) is 11.3 Å². The third-order valence-electron chi connectivity index (χ3n) is 2.98. The molecule has 0 radical (unpaired) electrons. The zero-order valence-corrected chi connectivity index (χ0v) is 14.8. The lowest BCUT2D eigenvalue weighted by Crippen LogP contribution is -2.23. The lowest BCUT2D eigenvalue weighted by molar-refractivity contribution is 0.927. The molecule has 2 rings (SSSR count). The van der Waals surface area contributed by atoms with E-state index in [0.29, 0.717) is 4.99 Å². The molecule has 2 heterocycles. The van der Waals surface area contributed by atoms with E-state index in [1.54, 1.807) is 11.3 Å². The molecule has 0 aliphatic rings. The second kappa shape index (κ2) is 6.20. The van der Waals surface area contributed by atoms with Crippen LogP contribution in [0.15, 0.2) is 22.0 Å². The van der Waals surface area contributed by atoms with Crippen molar-refractivity contribution in [1.29, 1.82) is 0 Å². The normalized spacial score (nSPS) is 10.6. The first kappa shape index (κ1) is 15.4. The Morgan fingerprint density at radius 3 is 2.70 bits per heavy atom. The van der Waals surface area contributed by atoms with E-state index in [9.17, 15) is 0 Å². The van der Waals surface area contributed by atoms with E-state index < -0.39 is 0 Å². The number of halogens is 1. The Hall–Kier alpha value is -0.980. The van der Waals surface area contributed by atoms with Gasteiger partial charge >= 0.3 is 0 Å². The van der Waals surface area contributed by atoms with Crippen LogP contribution in [-0.4, -0.2) is 17.0 Å². The maximum atomic E-state index is 5.86. The first-order valence-corrected chi connectivity index (χ1v) is 8.18. The van der Waals surface area contributed by atoms with Crippen molar-refractivity contribution in [2.24, 2.45) is 5.73 Å². The van der Waals surface area contributed by atoms with E-state index in [-0.39, 0.29) is 0 Å². The van der Waals surface area contributed by atoms with Crippen molar-refractivity contribution in [3.05, 3.63) is 43.8 Å². The smallest absolute Gasteiger partial charge is 0.107 e. The zero-order chi connectivity index (χ0) is 14.9. The highest BCUT2D eigenvalue weighted by molar-refractivity contribution is 9.10. The second-order valence-corrected chi connectivity index (χ2v) is 7.05. The molecule has 0 aliphatic heterocycles. The molecule has 2 N–H and O–H groups in total. The first-order chi connectivity index (χ1) is 9.38. The molecule has 3 nitrogen and oxygen atoms in total. The standard InChI is InChI=1S/C14H16BrN3S2/c1-8-4-12(13(14(16)19)9(2)17-8)18(3)6-11-5-10(15)7-20-11/h4-5,7H,6H2,1-3H3,(H2,16,19). The Morgan fingerprint density at radius 1 is 1.45 bits per heavy atom. The number of nitrogens with zero attached hydrogens (tertiary/aromatic N) is 2. The summed E-state index contributed by atoms with van der Waals surface area (Å²) in [6, 6.07) is 4.16. The minimum Gasteiger partial charge on any atom is -0.389 e. The van der Waals surface area contributed by atoms with Crippen molar-refractivity contribution < 1.29 is 0 Å². The molecular formula is C14H16BrN3S2. The average Bonchev–Trinajstić information content (AvgIpc) is 2.72. The Balaban J connectivity index is 2.38. The van der Waals surface area contributed by atoms with E-state index in [0.717, 1.165) is 33.7 Å². The van der Waals surface area contributed by atoms with Crippen molar-refractivity contribution in [3.63, 3.8) is 0 Å². The summed E-state index contributed by atoms with van der Waals surface area (Å²) in [5.41, 5.74) is 9.61. The third kappa shape index (κ3) is 3.37. The van der Waals surface area contributed by atoms with Crippen LogP contribution in [0.2, 0.25) is 0 Å². The molecule has 2 aromatic heterocycles. The lowest BCUT2D eigenvalue weighted by Gasteiger charge is -2.23. The summed E-state index contributed by atoms with van der Waals surface area (Å²) in [6.07, 6.45) is 0. The summed E-state index contributed by atoms with van der Waals surface area (Å²) in [6.45, 7) is 4.74. The third-order valence-corrected chi connectivity index (χ3v) is 4.87. The van der Waals surface area contributed by atoms with Crippen LogP contribution in [0.5, 0.6) is 0 Å². The minimum absolute atomic E-state index is 0.393. The van der Waals surface area contributed by atoms with Gasteiger partial charge in [-0.25, -0.2) is 0 Å². The van der Waals surface area contributed by atoms with Crippen molar-refractivity contribution in [2.75, 3.05) is 11.9 Å². The predicted molar refractivity (Wildman–Crippen MR) is 93.7 cm³/mol. The number of aryl methyl sites for hydroxylation is 2. The molecule has 0 atom stereocenters. The second-order valence-electron chi connectivity index (χ2n) is 4.69. The molecule has 0 aliphatic carbocycles. The van der Waals surface area contributed by atoms with Crippen LogP contribution in [0, 0.1) is 13.8 Å². The van der Waals surface area contributed by atoms with Crippen LogP contribution in [-0.2, 0) is 6.54 Å². The quantitative estimate of drug-likeness (QED) is 0.832. The van der Waals surface area contributed by atoms with Gasteiger partial charge in [-0.1, -0.05) is 12.2 Å². The number of hydrogen-bond acceptors (Lipinski definition) is 4. The number of hydrogen-bond donors (Lipinski definition) is 1. The molecule has 0 bridgehead atoms. The van der Waals surface area contributed by atoms with Gasteiger partial charge in [0.05, 0.1) is 17.8 Å². The fourth-order valence-electron chi connectivity index (χ4n) is 2.17. The maximum Gasteiger partial charge on any atom is 0.107 e. The van der Waals surface area contributed by atoms with Gasteiger partial charge in [0, 0.05) is 33.2 Å². The van der Waals surface area contributed by atoms with E-state index in [2.05, 4.69) is 37.3 Å². The van der Waals surface area contributed by atoms with Crippen LogP contribution in [0.1, 0.15) is 21.8 Å². The molecule has 0 aromatic carbocycles. The Morgan fingerprint density at radius 2 is 2.15 bits per heavy atom. The number of nitrogens with two attached hydrogens (primary N) is 1. The maximum absolute atomic E-state index is 5.86. The summed E-state index contributed by atoms with van der Waals surface area (Å²) in [5.74, 6) is 0. The molecule has 0 unspecified atom stereocenters. The molecule has 0 fully saturated rings. The van der Waals surface area contributed by atoms with Crippen LogP contribution in [0.25, 0.3) is 0 Å². The van der Waals surface area contributed by atoms with Crippen molar-refractivity contribution in [3.8, 4) is 0 Å². The van der Waals surface area contributed by atoms with E-state index >= 15 is 0 Å².